The van der Waals surface area contributed by atoms with E-state index >= 15 is 0 Å². The number of hydrogen-bond donors (Lipinski definition) is 1. The first-order valence-electron chi connectivity index (χ1n) is 9.94. The molecule has 0 bridgehead atoms. The van der Waals surface area contributed by atoms with E-state index in [1.54, 1.807) is 0 Å². The largest absolute Gasteiger partial charge is 0.376 e. The molecule has 6 nitrogen and oxygen atoms in total. The van der Waals surface area contributed by atoms with Crippen LogP contribution in [-0.4, -0.2) is 47.0 Å². The van der Waals surface area contributed by atoms with Crippen molar-refractivity contribution in [2.75, 3.05) is 31.6 Å². The van der Waals surface area contributed by atoms with E-state index in [9.17, 15) is 4.79 Å². The molecule has 1 amide bonds. The molecular weight excluding hydrogens is 328 g/mol. The first-order valence-corrected chi connectivity index (χ1v) is 9.94. The van der Waals surface area contributed by atoms with E-state index in [-0.39, 0.29) is 11.3 Å². The highest BCUT2D eigenvalue weighted by Gasteiger charge is 2.46. The number of rotatable bonds is 5. The summed E-state index contributed by atoms with van der Waals surface area (Å²) in [7, 11) is 0. The van der Waals surface area contributed by atoms with Gasteiger partial charge < -0.3 is 15.0 Å². The Morgan fingerprint density at radius 2 is 2.19 bits per heavy atom. The normalized spacial score (nSPS) is 25.0. The quantitative estimate of drug-likeness (QED) is 0.876. The van der Waals surface area contributed by atoms with Crippen molar-refractivity contribution in [3.63, 3.8) is 0 Å². The van der Waals surface area contributed by atoms with Crippen LogP contribution < -0.4 is 5.32 Å². The summed E-state index contributed by atoms with van der Waals surface area (Å²) in [5.74, 6) is 2.16. The number of aryl methyl sites for hydroxylation is 1. The van der Waals surface area contributed by atoms with Gasteiger partial charge in [-0.2, -0.15) is 0 Å². The molecule has 2 fully saturated rings. The SMILES string of the molecule is Cc1nc(NCC2CC2)nc2c1COC[C@]21CCN(C(=O)CC(C)C)C1. The Kier molecular flexibility index (Phi) is 4.63. The van der Waals surface area contributed by atoms with Gasteiger partial charge in [-0.05, 0) is 38.0 Å². The first kappa shape index (κ1) is 17.7. The van der Waals surface area contributed by atoms with E-state index in [1.165, 1.54) is 12.8 Å². The van der Waals surface area contributed by atoms with Gasteiger partial charge in [0.25, 0.3) is 0 Å². The van der Waals surface area contributed by atoms with Crippen molar-refractivity contribution in [1.29, 1.82) is 0 Å². The fourth-order valence-corrected chi connectivity index (χ4v) is 4.14. The number of anilines is 1. The number of nitrogens with zero attached hydrogens (tertiary/aromatic N) is 3. The average Bonchev–Trinajstić information content (AvgIpc) is 3.33. The van der Waals surface area contributed by atoms with Crippen LogP contribution in [0, 0.1) is 18.8 Å². The van der Waals surface area contributed by atoms with Crippen molar-refractivity contribution in [3.8, 4) is 0 Å². The van der Waals surface area contributed by atoms with E-state index in [0.29, 0.717) is 32.1 Å². The molecule has 3 heterocycles. The zero-order valence-corrected chi connectivity index (χ0v) is 16.2. The van der Waals surface area contributed by atoms with Gasteiger partial charge in [-0.15, -0.1) is 0 Å². The van der Waals surface area contributed by atoms with Gasteiger partial charge in [-0.1, -0.05) is 13.8 Å². The summed E-state index contributed by atoms with van der Waals surface area (Å²) < 4.78 is 5.93. The lowest BCUT2D eigenvalue weighted by Gasteiger charge is -2.35. The Labute approximate surface area is 155 Å². The van der Waals surface area contributed by atoms with Crippen LogP contribution in [0.5, 0.6) is 0 Å². The van der Waals surface area contributed by atoms with E-state index in [2.05, 4.69) is 24.1 Å². The summed E-state index contributed by atoms with van der Waals surface area (Å²) in [6.45, 7) is 9.92. The molecule has 26 heavy (non-hydrogen) atoms. The van der Waals surface area contributed by atoms with Crippen LogP contribution in [-0.2, 0) is 21.6 Å². The molecule has 1 atom stereocenters. The van der Waals surface area contributed by atoms with Crippen molar-refractivity contribution in [1.82, 2.24) is 14.9 Å². The molecule has 1 spiro atoms. The number of ether oxygens (including phenoxy) is 1. The minimum absolute atomic E-state index is 0.177. The van der Waals surface area contributed by atoms with Gasteiger partial charge in [0, 0.05) is 37.3 Å². The molecule has 0 radical (unpaired) electrons. The molecule has 1 saturated carbocycles. The fraction of sp³-hybridized carbons (Fsp3) is 0.750. The maximum Gasteiger partial charge on any atom is 0.223 e. The lowest BCUT2D eigenvalue weighted by atomic mass is 9.80. The van der Waals surface area contributed by atoms with Gasteiger partial charge in [0.2, 0.25) is 11.9 Å². The van der Waals surface area contributed by atoms with Crippen molar-refractivity contribution >= 4 is 11.9 Å². The molecule has 142 valence electrons. The van der Waals surface area contributed by atoms with Gasteiger partial charge in [0.1, 0.15) is 0 Å². The lowest BCUT2D eigenvalue weighted by molar-refractivity contribution is -0.131. The highest BCUT2D eigenvalue weighted by molar-refractivity contribution is 5.77. The number of nitrogens with one attached hydrogen (secondary N) is 1. The van der Waals surface area contributed by atoms with Crippen LogP contribution in [0.2, 0.25) is 0 Å². The standard InChI is InChI=1S/C20H30N4O2/c1-13(2)8-17(25)24-7-6-20(11-24)12-26-10-16-14(3)22-19(23-18(16)20)21-9-15-4-5-15/h13,15H,4-12H2,1-3H3,(H,21,22,23)/t20-/m1/s1. The van der Waals surface area contributed by atoms with E-state index in [4.69, 9.17) is 9.72 Å². The summed E-state index contributed by atoms with van der Waals surface area (Å²) in [6, 6.07) is 0. The zero-order chi connectivity index (χ0) is 18.3. The summed E-state index contributed by atoms with van der Waals surface area (Å²) in [5.41, 5.74) is 3.05. The van der Waals surface area contributed by atoms with Crippen LogP contribution in [0.15, 0.2) is 0 Å². The van der Waals surface area contributed by atoms with E-state index < -0.39 is 0 Å². The van der Waals surface area contributed by atoms with Crippen LogP contribution in [0.25, 0.3) is 0 Å². The summed E-state index contributed by atoms with van der Waals surface area (Å²) in [4.78, 5) is 24.1. The highest BCUT2D eigenvalue weighted by atomic mass is 16.5. The summed E-state index contributed by atoms with van der Waals surface area (Å²) in [5, 5.41) is 3.42. The van der Waals surface area contributed by atoms with Crippen molar-refractivity contribution in [3.05, 3.63) is 17.0 Å². The monoisotopic (exact) mass is 358 g/mol. The number of amides is 1. The predicted molar refractivity (Wildman–Crippen MR) is 100.0 cm³/mol. The maximum atomic E-state index is 12.6. The highest BCUT2D eigenvalue weighted by Crippen LogP contribution is 2.40. The van der Waals surface area contributed by atoms with Crippen LogP contribution in [0.3, 0.4) is 0 Å². The molecule has 3 aliphatic rings. The Hall–Kier alpha value is -1.69. The molecule has 1 aliphatic carbocycles. The lowest BCUT2D eigenvalue weighted by Crippen LogP contribution is -2.42. The molecule has 1 saturated heterocycles. The minimum Gasteiger partial charge on any atom is -0.376 e. The molecule has 4 rings (SSSR count). The van der Waals surface area contributed by atoms with Crippen LogP contribution in [0.4, 0.5) is 5.95 Å². The summed E-state index contributed by atoms with van der Waals surface area (Å²) in [6.07, 6.45) is 4.15. The Morgan fingerprint density at radius 3 is 2.92 bits per heavy atom. The number of likely N-dealkylation sites (tertiary alicyclic amines) is 1. The van der Waals surface area contributed by atoms with Gasteiger partial charge >= 0.3 is 0 Å². The molecule has 6 heteroatoms. The Bertz CT molecular complexity index is 701. The molecule has 1 N–H and O–H groups in total. The number of hydrogen-bond acceptors (Lipinski definition) is 5. The van der Waals surface area contributed by atoms with Gasteiger partial charge in [0.05, 0.1) is 24.3 Å². The van der Waals surface area contributed by atoms with Gasteiger partial charge in [-0.25, -0.2) is 9.97 Å². The third-order valence-corrected chi connectivity index (χ3v) is 5.88. The second-order valence-electron chi connectivity index (χ2n) is 8.72. The number of carbonyl (C=O) groups excluding carboxylic acids is 1. The Balaban J connectivity index is 1.58. The second kappa shape index (κ2) is 6.80. The second-order valence-corrected chi connectivity index (χ2v) is 8.72. The summed E-state index contributed by atoms with van der Waals surface area (Å²) >= 11 is 0. The first-order chi connectivity index (χ1) is 12.5. The molecule has 1 aromatic rings. The minimum atomic E-state index is -0.177. The molecule has 1 aromatic heterocycles. The topological polar surface area (TPSA) is 67.4 Å². The van der Waals surface area contributed by atoms with E-state index in [0.717, 1.165) is 48.3 Å². The molecule has 0 unspecified atom stereocenters. The molecule has 0 aromatic carbocycles. The van der Waals surface area contributed by atoms with Crippen molar-refractivity contribution < 1.29 is 9.53 Å². The van der Waals surface area contributed by atoms with Crippen molar-refractivity contribution in [2.45, 2.75) is 58.5 Å². The van der Waals surface area contributed by atoms with Gasteiger partial charge in [0.15, 0.2) is 0 Å². The zero-order valence-electron chi connectivity index (χ0n) is 16.2. The number of fused-ring (bicyclic) bond motifs is 2. The van der Waals surface area contributed by atoms with Crippen LogP contribution >= 0.6 is 0 Å². The average molecular weight is 358 g/mol. The number of carbonyl (C=O) groups is 1. The van der Waals surface area contributed by atoms with Crippen molar-refractivity contribution in [2.24, 2.45) is 11.8 Å². The van der Waals surface area contributed by atoms with Gasteiger partial charge in [-0.3, -0.25) is 4.79 Å². The maximum absolute atomic E-state index is 12.6. The third-order valence-electron chi connectivity index (χ3n) is 5.88. The predicted octanol–water partition coefficient (Wildman–Crippen LogP) is 2.65. The Morgan fingerprint density at radius 1 is 1.38 bits per heavy atom. The van der Waals surface area contributed by atoms with Crippen LogP contribution in [0.1, 0.15) is 56.5 Å². The molecule has 2 aliphatic heterocycles. The smallest absolute Gasteiger partial charge is 0.223 e. The van der Waals surface area contributed by atoms with E-state index in [1.807, 2.05) is 11.8 Å². The molecular formula is C20H30N4O2. The third kappa shape index (κ3) is 3.43. The fourth-order valence-electron chi connectivity index (χ4n) is 4.14. The number of aromatic nitrogens is 2.